The molecular formula is C19H24N6O2. The maximum absolute atomic E-state index is 13.2. The zero-order valence-corrected chi connectivity index (χ0v) is 15.4. The quantitative estimate of drug-likeness (QED) is 0.890. The summed E-state index contributed by atoms with van der Waals surface area (Å²) in [6, 6.07) is 0. The van der Waals surface area contributed by atoms with Crippen LogP contribution in [0.3, 0.4) is 0 Å². The van der Waals surface area contributed by atoms with Gasteiger partial charge in [0, 0.05) is 11.1 Å². The zero-order chi connectivity index (χ0) is 18.1. The fraction of sp³-hybridized carbons (Fsp3) is 0.737. The van der Waals surface area contributed by atoms with Crippen LogP contribution >= 0.6 is 0 Å². The van der Waals surface area contributed by atoms with E-state index in [1.54, 1.807) is 0 Å². The Balaban J connectivity index is 1.31. The van der Waals surface area contributed by atoms with E-state index in [0.29, 0.717) is 17.6 Å². The summed E-state index contributed by atoms with van der Waals surface area (Å²) in [5.74, 6) is 1.57. The Morgan fingerprint density at radius 2 is 2.00 bits per heavy atom. The summed E-state index contributed by atoms with van der Waals surface area (Å²) in [6.07, 6.45) is 12.0. The number of tetrazole rings is 1. The van der Waals surface area contributed by atoms with Gasteiger partial charge >= 0.3 is 0 Å². The lowest BCUT2D eigenvalue weighted by atomic mass is 9.50. The molecule has 1 N–H and O–H groups in total. The van der Waals surface area contributed by atoms with Crippen LogP contribution in [-0.4, -0.2) is 36.8 Å². The fourth-order valence-corrected chi connectivity index (χ4v) is 6.85. The Hall–Kier alpha value is -2.25. The van der Waals surface area contributed by atoms with Gasteiger partial charge in [0.05, 0.1) is 11.2 Å². The highest BCUT2D eigenvalue weighted by atomic mass is 16.5. The second kappa shape index (κ2) is 5.39. The summed E-state index contributed by atoms with van der Waals surface area (Å²) in [4.78, 5) is 15.0. The van der Waals surface area contributed by atoms with E-state index in [9.17, 15) is 4.79 Å². The molecule has 2 heterocycles. The van der Waals surface area contributed by atoms with Crippen LogP contribution in [-0.2, 0) is 18.4 Å². The van der Waals surface area contributed by atoms with Crippen molar-refractivity contribution in [3.8, 4) is 0 Å². The molecular weight excluding hydrogens is 344 g/mol. The maximum atomic E-state index is 13.2. The monoisotopic (exact) mass is 368 g/mol. The van der Waals surface area contributed by atoms with Crippen molar-refractivity contribution in [3.05, 3.63) is 23.3 Å². The molecule has 2 aromatic rings. The van der Waals surface area contributed by atoms with E-state index in [-0.39, 0.29) is 17.0 Å². The Morgan fingerprint density at radius 3 is 2.78 bits per heavy atom. The molecule has 1 amide bonds. The van der Waals surface area contributed by atoms with Crippen molar-refractivity contribution in [2.45, 2.75) is 75.3 Å². The summed E-state index contributed by atoms with van der Waals surface area (Å²) in [6.45, 7) is 0. The van der Waals surface area contributed by atoms with Crippen LogP contribution in [0.25, 0.3) is 0 Å². The van der Waals surface area contributed by atoms with Crippen molar-refractivity contribution >= 4 is 5.91 Å². The number of carbonyl (C=O) groups is 1. The first kappa shape index (κ1) is 15.8. The fourth-order valence-electron chi connectivity index (χ4n) is 6.85. The van der Waals surface area contributed by atoms with Crippen molar-refractivity contribution in [2.75, 3.05) is 0 Å². The number of nitrogens with one attached hydrogen (secondary N) is 1. The minimum atomic E-state index is -0.191. The van der Waals surface area contributed by atoms with Crippen molar-refractivity contribution in [2.24, 2.45) is 11.8 Å². The Morgan fingerprint density at radius 1 is 1.19 bits per heavy atom. The highest BCUT2D eigenvalue weighted by Gasteiger charge is 2.60. The third-order valence-electron chi connectivity index (χ3n) is 7.35. The average molecular weight is 368 g/mol. The number of aromatic nitrogens is 5. The lowest BCUT2D eigenvalue weighted by Gasteiger charge is -2.61. The molecule has 0 radical (unpaired) electrons. The summed E-state index contributed by atoms with van der Waals surface area (Å²) in [5.41, 5.74) is 1.70. The van der Waals surface area contributed by atoms with Gasteiger partial charge in [0.15, 0.2) is 6.33 Å². The maximum Gasteiger partial charge on any atom is 0.290 e. The number of aryl methyl sites for hydroxylation is 1. The molecule has 4 bridgehead atoms. The number of hydrogen-bond acceptors (Lipinski definition) is 6. The van der Waals surface area contributed by atoms with Crippen molar-refractivity contribution < 1.29 is 9.32 Å². The molecule has 2 atom stereocenters. The van der Waals surface area contributed by atoms with Crippen LogP contribution in [0.15, 0.2) is 10.9 Å². The normalized spacial score (nSPS) is 36.6. The second-order valence-electron chi connectivity index (χ2n) is 9.29. The molecule has 2 unspecified atom stereocenters. The third-order valence-corrected chi connectivity index (χ3v) is 7.35. The summed E-state index contributed by atoms with van der Waals surface area (Å²) in [5, 5.41) is 20.1. The Bertz CT molecular complexity index is 874. The Labute approximate surface area is 157 Å². The van der Waals surface area contributed by atoms with E-state index in [2.05, 4.69) is 25.9 Å². The minimum Gasteiger partial charge on any atom is -0.350 e. The molecule has 4 fully saturated rings. The predicted octanol–water partition coefficient (Wildman–Crippen LogP) is 2.02. The van der Waals surface area contributed by atoms with E-state index in [1.165, 1.54) is 12.7 Å². The summed E-state index contributed by atoms with van der Waals surface area (Å²) in [7, 11) is 0. The molecule has 27 heavy (non-hydrogen) atoms. The average Bonchev–Trinajstić information content (AvgIpc) is 3.30. The van der Waals surface area contributed by atoms with Gasteiger partial charge in [-0.2, -0.15) is 4.80 Å². The molecule has 0 saturated heterocycles. The zero-order valence-electron chi connectivity index (χ0n) is 15.4. The van der Waals surface area contributed by atoms with Crippen LogP contribution in [0.2, 0.25) is 0 Å². The van der Waals surface area contributed by atoms with Gasteiger partial charge in [-0.1, -0.05) is 5.16 Å². The number of nitrogens with zero attached hydrogens (tertiary/aromatic N) is 5. The molecule has 4 saturated carbocycles. The third kappa shape index (κ3) is 2.31. The second-order valence-corrected chi connectivity index (χ2v) is 9.29. The number of amides is 1. The van der Waals surface area contributed by atoms with Gasteiger partial charge in [-0.25, -0.2) is 0 Å². The summed E-state index contributed by atoms with van der Waals surface area (Å²) >= 11 is 0. The van der Waals surface area contributed by atoms with Crippen LogP contribution < -0.4 is 5.32 Å². The minimum absolute atomic E-state index is 0.0886. The van der Waals surface area contributed by atoms with E-state index in [4.69, 9.17) is 4.52 Å². The molecule has 0 aromatic carbocycles. The van der Waals surface area contributed by atoms with Crippen LogP contribution in [0, 0.1) is 11.8 Å². The highest BCUT2D eigenvalue weighted by Crippen LogP contribution is 2.60. The summed E-state index contributed by atoms with van der Waals surface area (Å²) < 4.78 is 5.49. The lowest BCUT2D eigenvalue weighted by molar-refractivity contribution is -0.0812. The highest BCUT2D eigenvalue weighted by molar-refractivity contribution is 5.93. The number of rotatable bonds is 3. The first-order chi connectivity index (χ1) is 13.1. The molecule has 2 aromatic heterocycles. The molecule has 142 valence electrons. The van der Waals surface area contributed by atoms with Gasteiger partial charge in [-0.05, 0) is 81.3 Å². The molecule has 5 aliphatic rings. The van der Waals surface area contributed by atoms with Gasteiger partial charge in [0.2, 0.25) is 5.76 Å². The van der Waals surface area contributed by atoms with E-state index in [0.717, 1.165) is 69.0 Å². The standard InChI is InChI=1S/C19H24N6O2/c26-17(16-14-3-1-2-4-15(14)23-27-16)22-18-6-12-5-13(7-18)9-19(8-12,10-18)25-21-11-20-24-25/h11-13H,1-10H2,(H,22,26). The molecule has 7 rings (SSSR count). The van der Waals surface area contributed by atoms with Crippen molar-refractivity contribution in [1.29, 1.82) is 0 Å². The molecule has 0 spiro atoms. The van der Waals surface area contributed by atoms with Crippen LogP contribution in [0.5, 0.6) is 0 Å². The lowest BCUT2D eigenvalue weighted by Crippen LogP contribution is -2.66. The molecule has 0 aliphatic heterocycles. The van der Waals surface area contributed by atoms with Crippen molar-refractivity contribution in [1.82, 2.24) is 30.7 Å². The van der Waals surface area contributed by atoms with Crippen molar-refractivity contribution in [3.63, 3.8) is 0 Å². The smallest absolute Gasteiger partial charge is 0.290 e. The van der Waals surface area contributed by atoms with E-state index in [1.807, 2.05) is 4.80 Å². The topological polar surface area (TPSA) is 98.7 Å². The van der Waals surface area contributed by atoms with Crippen LogP contribution in [0.4, 0.5) is 0 Å². The SMILES string of the molecule is O=C(NC12CC3CC(C1)CC(n1ncnn1)(C3)C2)c1onc2c1CCCC2. The predicted molar refractivity (Wildman–Crippen MR) is 93.8 cm³/mol. The number of fused-ring (bicyclic) bond motifs is 1. The molecule has 5 aliphatic carbocycles. The van der Waals surface area contributed by atoms with Gasteiger partial charge in [0.1, 0.15) is 0 Å². The van der Waals surface area contributed by atoms with Gasteiger partial charge in [0.25, 0.3) is 5.91 Å². The molecule has 8 heteroatoms. The van der Waals surface area contributed by atoms with E-state index >= 15 is 0 Å². The largest absolute Gasteiger partial charge is 0.350 e. The van der Waals surface area contributed by atoms with E-state index < -0.39 is 0 Å². The van der Waals surface area contributed by atoms with Gasteiger partial charge in [-0.15, -0.1) is 10.2 Å². The first-order valence-electron chi connectivity index (χ1n) is 10.2. The Kier molecular flexibility index (Phi) is 3.15. The van der Waals surface area contributed by atoms with Gasteiger partial charge in [-0.3, -0.25) is 4.79 Å². The first-order valence-corrected chi connectivity index (χ1v) is 10.2. The van der Waals surface area contributed by atoms with Gasteiger partial charge < -0.3 is 9.84 Å². The van der Waals surface area contributed by atoms with Crippen LogP contribution in [0.1, 0.15) is 73.2 Å². The molecule has 8 nitrogen and oxygen atoms in total. The number of hydrogen-bond donors (Lipinski definition) is 1. The number of carbonyl (C=O) groups excluding carboxylic acids is 1.